The molecule has 0 heterocycles. The zero-order valence-electron chi connectivity index (χ0n) is 17.2. The van der Waals surface area contributed by atoms with Gasteiger partial charge in [0, 0.05) is 23.3 Å². The molecule has 0 radical (unpaired) electrons. The number of sulfonamides is 1. The number of aryl methyl sites for hydroxylation is 3. The molecule has 0 aliphatic carbocycles. The molecule has 0 aliphatic rings. The molecule has 3 rings (SSSR count). The fourth-order valence-electron chi connectivity index (χ4n) is 2.96. The van der Waals surface area contributed by atoms with Crippen LogP contribution in [0.3, 0.4) is 0 Å². The Kier molecular flexibility index (Phi) is 6.19. The predicted molar refractivity (Wildman–Crippen MR) is 122 cm³/mol. The van der Waals surface area contributed by atoms with Crippen molar-refractivity contribution in [2.45, 2.75) is 25.7 Å². The molecule has 156 valence electrons. The highest BCUT2D eigenvalue weighted by molar-refractivity contribution is 7.92. The first-order valence-electron chi connectivity index (χ1n) is 9.33. The van der Waals surface area contributed by atoms with Gasteiger partial charge in [-0.05, 0) is 68.3 Å². The molecular formula is C23H23ClN2O3S. The van der Waals surface area contributed by atoms with Crippen molar-refractivity contribution in [3.8, 4) is 0 Å². The molecule has 30 heavy (non-hydrogen) atoms. The molecule has 0 bridgehead atoms. The van der Waals surface area contributed by atoms with Gasteiger partial charge in [0.1, 0.15) is 0 Å². The summed E-state index contributed by atoms with van der Waals surface area (Å²) in [7, 11) is -2.27. The van der Waals surface area contributed by atoms with E-state index in [4.69, 9.17) is 11.6 Å². The Morgan fingerprint density at radius 1 is 0.900 bits per heavy atom. The number of carbonyl (C=O) groups is 1. The minimum Gasteiger partial charge on any atom is -0.322 e. The van der Waals surface area contributed by atoms with E-state index in [-0.39, 0.29) is 10.8 Å². The first-order chi connectivity index (χ1) is 14.1. The molecule has 0 saturated heterocycles. The van der Waals surface area contributed by atoms with Gasteiger partial charge in [0.05, 0.1) is 10.6 Å². The molecular weight excluding hydrogens is 420 g/mol. The van der Waals surface area contributed by atoms with Gasteiger partial charge in [-0.25, -0.2) is 8.42 Å². The van der Waals surface area contributed by atoms with Crippen LogP contribution >= 0.6 is 11.6 Å². The van der Waals surface area contributed by atoms with Gasteiger partial charge < -0.3 is 5.32 Å². The first kappa shape index (κ1) is 21.9. The summed E-state index contributed by atoms with van der Waals surface area (Å²) in [5.74, 6) is -0.350. The molecule has 0 unspecified atom stereocenters. The summed E-state index contributed by atoms with van der Waals surface area (Å²) in [6.45, 7) is 5.58. The molecule has 1 amide bonds. The van der Waals surface area contributed by atoms with Crippen molar-refractivity contribution in [2.24, 2.45) is 0 Å². The largest absolute Gasteiger partial charge is 0.322 e. The molecule has 0 spiro atoms. The van der Waals surface area contributed by atoms with E-state index < -0.39 is 10.0 Å². The number of nitrogens with zero attached hydrogens (tertiary/aromatic N) is 1. The lowest BCUT2D eigenvalue weighted by molar-refractivity contribution is 0.102. The molecule has 0 atom stereocenters. The standard InChI is InChI=1S/C23H23ClN2O3S/c1-15-5-11-20(12-6-15)30(28,29)26(4)22-13-18(9-7-17(22)3)23(27)25-19-10-8-16(2)21(24)14-19/h5-14H,1-4H3,(H,25,27). The normalized spacial score (nSPS) is 11.2. The Hall–Kier alpha value is -2.83. The maximum absolute atomic E-state index is 13.0. The highest BCUT2D eigenvalue weighted by Gasteiger charge is 2.23. The third kappa shape index (κ3) is 4.50. The number of hydrogen-bond donors (Lipinski definition) is 1. The van der Waals surface area contributed by atoms with Crippen molar-refractivity contribution >= 4 is 38.9 Å². The van der Waals surface area contributed by atoms with E-state index in [2.05, 4.69) is 5.32 Å². The molecule has 5 nitrogen and oxygen atoms in total. The van der Waals surface area contributed by atoms with Gasteiger partial charge in [0.15, 0.2) is 0 Å². The lowest BCUT2D eigenvalue weighted by Gasteiger charge is -2.22. The average Bonchev–Trinajstić information content (AvgIpc) is 2.71. The van der Waals surface area contributed by atoms with Gasteiger partial charge in [-0.3, -0.25) is 9.10 Å². The maximum atomic E-state index is 13.0. The Morgan fingerprint density at radius 3 is 2.17 bits per heavy atom. The van der Waals surface area contributed by atoms with E-state index in [0.29, 0.717) is 22.0 Å². The van der Waals surface area contributed by atoms with Crippen molar-refractivity contribution < 1.29 is 13.2 Å². The quantitative estimate of drug-likeness (QED) is 0.579. The second-order valence-electron chi connectivity index (χ2n) is 7.20. The Morgan fingerprint density at radius 2 is 1.53 bits per heavy atom. The van der Waals surface area contributed by atoms with Crippen molar-refractivity contribution in [3.05, 3.63) is 87.9 Å². The van der Waals surface area contributed by atoms with Crippen LogP contribution in [0, 0.1) is 20.8 Å². The Balaban J connectivity index is 1.91. The van der Waals surface area contributed by atoms with Crippen molar-refractivity contribution in [1.82, 2.24) is 0 Å². The molecule has 7 heteroatoms. The Labute approximate surface area is 182 Å². The van der Waals surface area contributed by atoms with Crippen LogP contribution < -0.4 is 9.62 Å². The van der Waals surface area contributed by atoms with E-state index in [0.717, 1.165) is 16.7 Å². The number of rotatable bonds is 5. The zero-order chi connectivity index (χ0) is 22.1. The summed E-state index contributed by atoms with van der Waals surface area (Å²) in [6, 6.07) is 16.9. The van der Waals surface area contributed by atoms with Crippen LogP contribution in [0.5, 0.6) is 0 Å². The smallest absolute Gasteiger partial charge is 0.264 e. The molecule has 3 aromatic rings. The first-order valence-corrected chi connectivity index (χ1v) is 11.1. The monoisotopic (exact) mass is 442 g/mol. The van der Waals surface area contributed by atoms with Crippen molar-refractivity contribution in [1.29, 1.82) is 0 Å². The molecule has 0 aromatic heterocycles. The highest BCUT2D eigenvalue weighted by Crippen LogP contribution is 2.27. The van der Waals surface area contributed by atoms with Gasteiger partial charge >= 0.3 is 0 Å². The van der Waals surface area contributed by atoms with E-state index in [1.807, 2.05) is 19.9 Å². The minimum atomic E-state index is -3.76. The lowest BCUT2D eigenvalue weighted by Crippen LogP contribution is -2.27. The molecule has 0 fully saturated rings. The number of amides is 1. The Bertz CT molecular complexity index is 1210. The second-order valence-corrected chi connectivity index (χ2v) is 9.58. The van der Waals surface area contributed by atoms with E-state index in [9.17, 15) is 13.2 Å². The molecule has 3 aromatic carbocycles. The van der Waals surface area contributed by atoms with Crippen LogP contribution in [0.1, 0.15) is 27.0 Å². The van der Waals surface area contributed by atoms with E-state index in [1.165, 1.54) is 11.4 Å². The number of carbonyl (C=O) groups excluding carboxylic acids is 1. The van der Waals surface area contributed by atoms with Crippen molar-refractivity contribution in [3.63, 3.8) is 0 Å². The SMILES string of the molecule is Cc1ccc(S(=O)(=O)N(C)c2cc(C(=O)Nc3ccc(C)c(Cl)c3)ccc2C)cc1. The van der Waals surface area contributed by atoms with E-state index >= 15 is 0 Å². The summed E-state index contributed by atoms with van der Waals surface area (Å²) >= 11 is 6.12. The van der Waals surface area contributed by atoms with Crippen molar-refractivity contribution in [2.75, 3.05) is 16.7 Å². The van der Waals surface area contributed by atoms with Gasteiger partial charge in [-0.1, -0.05) is 41.4 Å². The van der Waals surface area contributed by atoms with Crippen LogP contribution in [0.4, 0.5) is 11.4 Å². The number of nitrogens with one attached hydrogen (secondary N) is 1. The summed E-state index contributed by atoms with van der Waals surface area (Å²) in [5, 5.41) is 3.35. The van der Waals surface area contributed by atoms with Crippen LogP contribution in [0.25, 0.3) is 0 Å². The molecule has 0 aliphatic heterocycles. The topological polar surface area (TPSA) is 66.5 Å². The fourth-order valence-corrected chi connectivity index (χ4v) is 4.39. The summed E-state index contributed by atoms with van der Waals surface area (Å²) < 4.78 is 27.3. The maximum Gasteiger partial charge on any atom is 0.264 e. The number of benzene rings is 3. The lowest BCUT2D eigenvalue weighted by atomic mass is 10.1. The number of hydrogen-bond acceptors (Lipinski definition) is 3. The average molecular weight is 443 g/mol. The highest BCUT2D eigenvalue weighted by atomic mass is 35.5. The predicted octanol–water partition coefficient (Wildman–Crippen LogP) is 5.34. The van der Waals surface area contributed by atoms with Crippen LogP contribution in [-0.2, 0) is 10.0 Å². The van der Waals surface area contributed by atoms with Gasteiger partial charge in [-0.2, -0.15) is 0 Å². The number of halogens is 1. The van der Waals surface area contributed by atoms with Gasteiger partial charge in [0.25, 0.3) is 15.9 Å². The summed E-state index contributed by atoms with van der Waals surface area (Å²) in [5.41, 5.74) is 3.97. The van der Waals surface area contributed by atoms with E-state index in [1.54, 1.807) is 61.5 Å². The minimum absolute atomic E-state index is 0.194. The van der Waals surface area contributed by atoms with Crippen LogP contribution in [0.2, 0.25) is 5.02 Å². The van der Waals surface area contributed by atoms with Crippen LogP contribution in [0.15, 0.2) is 65.6 Å². The van der Waals surface area contributed by atoms with Gasteiger partial charge in [-0.15, -0.1) is 0 Å². The fraction of sp³-hybridized carbons (Fsp3) is 0.174. The molecule has 0 saturated carbocycles. The zero-order valence-corrected chi connectivity index (χ0v) is 18.8. The number of anilines is 2. The summed E-state index contributed by atoms with van der Waals surface area (Å²) in [4.78, 5) is 12.9. The molecule has 1 N–H and O–H groups in total. The summed E-state index contributed by atoms with van der Waals surface area (Å²) in [6.07, 6.45) is 0. The van der Waals surface area contributed by atoms with Gasteiger partial charge in [0.2, 0.25) is 0 Å². The third-order valence-electron chi connectivity index (χ3n) is 4.92. The second kappa shape index (κ2) is 8.50. The third-order valence-corrected chi connectivity index (χ3v) is 7.11. The van der Waals surface area contributed by atoms with Crippen LogP contribution in [-0.4, -0.2) is 21.4 Å².